The topological polar surface area (TPSA) is 24.5 Å². The van der Waals surface area contributed by atoms with E-state index >= 15 is 0 Å². The van der Waals surface area contributed by atoms with Gasteiger partial charge in [-0.2, -0.15) is 0 Å². The van der Waals surface area contributed by atoms with E-state index in [9.17, 15) is 0 Å². The number of methoxy groups -OCH3 is 1. The molecule has 1 aromatic rings. The van der Waals surface area contributed by atoms with E-state index < -0.39 is 0 Å². The van der Waals surface area contributed by atoms with Gasteiger partial charge in [-0.1, -0.05) is 17.7 Å². The van der Waals surface area contributed by atoms with Gasteiger partial charge in [-0.25, -0.2) is 0 Å². The predicted molar refractivity (Wildman–Crippen MR) is 78.0 cm³/mol. The molecule has 5 heteroatoms. The van der Waals surface area contributed by atoms with Crippen LogP contribution >= 0.6 is 24.0 Å². The molecule has 0 aliphatic carbocycles. The van der Waals surface area contributed by atoms with Crippen molar-refractivity contribution in [3.05, 3.63) is 28.8 Å². The van der Waals surface area contributed by atoms with Gasteiger partial charge in [0.05, 0.1) is 7.11 Å². The fraction of sp³-hybridized carbons (Fsp3) is 0.538. The summed E-state index contributed by atoms with van der Waals surface area (Å²) in [6, 6.07) is 6.34. The van der Waals surface area contributed by atoms with Crippen LogP contribution < -0.4 is 10.1 Å². The zero-order valence-corrected chi connectivity index (χ0v) is 12.4. The first kappa shape index (κ1) is 15.6. The Bertz CT molecular complexity index is 387. The molecule has 0 amide bonds. The summed E-state index contributed by atoms with van der Waals surface area (Å²) in [7, 11) is 1.69. The third-order valence-corrected chi connectivity index (χ3v) is 3.65. The van der Waals surface area contributed by atoms with E-state index in [4.69, 9.17) is 16.3 Å². The minimum absolute atomic E-state index is 0. The summed E-state index contributed by atoms with van der Waals surface area (Å²) in [6.07, 6.45) is 0. The number of hydrogen-bond donors (Lipinski definition) is 1. The lowest BCUT2D eigenvalue weighted by atomic mass is 10.1. The Labute approximate surface area is 120 Å². The van der Waals surface area contributed by atoms with Crippen molar-refractivity contribution in [3.63, 3.8) is 0 Å². The molecular weight excluding hydrogens is 271 g/mol. The summed E-state index contributed by atoms with van der Waals surface area (Å²) in [5.41, 5.74) is 1.09. The molecule has 3 nitrogen and oxygen atoms in total. The van der Waals surface area contributed by atoms with Crippen molar-refractivity contribution in [2.24, 2.45) is 0 Å². The first-order valence-corrected chi connectivity index (χ1v) is 6.36. The van der Waals surface area contributed by atoms with Crippen molar-refractivity contribution in [1.82, 2.24) is 10.2 Å². The van der Waals surface area contributed by atoms with E-state index in [1.807, 2.05) is 18.2 Å². The lowest BCUT2D eigenvalue weighted by Gasteiger charge is -2.34. The second-order valence-corrected chi connectivity index (χ2v) is 4.85. The molecule has 1 fully saturated rings. The summed E-state index contributed by atoms with van der Waals surface area (Å²) in [5, 5.41) is 4.17. The van der Waals surface area contributed by atoms with Crippen LogP contribution in [0.4, 0.5) is 0 Å². The quantitative estimate of drug-likeness (QED) is 0.926. The number of piperazine rings is 1. The van der Waals surface area contributed by atoms with Crippen molar-refractivity contribution >= 4 is 24.0 Å². The van der Waals surface area contributed by atoms with Crippen LogP contribution in [0.25, 0.3) is 0 Å². The normalized spacial score (nSPS) is 20.3. The number of benzene rings is 1. The Morgan fingerprint density at radius 3 is 2.94 bits per heavy atom. The van der Waals surface area contributed by atoms with Crippen molar-refractivity contribution in [3.8, 4) is 5.75 Å². The fourth-order valence-corrected chi connectivity index (χ4v) is 2.43. The van der Waals surface area contributed by atoms with Gasteiger partial charge in [0.2, 0.25) is 0 Å². The van der Waals surface area contributed by atoms with Gasteiger partial charge in [0, 0.05) is 42.8 Å². The average Bonchev–Trinajstić information content (AvgIpc) is 2.34. The van der Waals surface area contributed by atoms with Crippen molar-refractivity contribution in [2.75, 3.05) is 26.7 Å². The van der Waals surface area contributed by atoms with Crippen LogP contribution in [0.15, 0.2) is 18.2 Å². The van der Waals surface area contributed by atoms with E-state index in [2.05, 4.69) is 17.1 Å². The molecular formula is C13H20Cl2N2O. The fourth-order valence-electron chi connectivity index (χ4n) is 2.20. The molecule has 1 atom stereocenters. The molecule has 0 saturated carbocycles. The Kier molecular flexibility index (Phi) is 6.22. The lowest BCUT2D eigenvalue weighted by molar-refractivity contribution is 0.164. The summed E-state index contributed by atoms with van der Waals surface area (Å²) in [4.78, 5) is 2.43. The molecule has 1 heterocycles. The lowest BCUT2D eigenvalue weighted by Crippen LogP contribution is -2.49. The highest BCUT2D eigenvalue weighted by atomic mass is 35.5. The van der Waals surface area contributed by atoms with Gasteiger partial charge in [0.25, 0.3) is 0 Å². The van der Waals surface area contributed by atoms with Crippen LogP contribution in [-0.4, -0.2) is 37.7 Å². The Morgan fingerprint density at radius 1 is 1.50 bits per heavy atom. The monoisotopic (exact) mass is 290 g/mol. The van der Waals surface area contributed by atoms with Gasteiger partial charge < -0.3 is 10.1 Å². The number of nitrogens with one attached hydrogen (secondary N) is 1. The molecule has 18 heavy (non-hydrogen) atoms. The smallest absolute Gasteiger partial charge is 0.124 e. The zero-order valence-electron chi connectivity index (χ0n) is 10.8. The molecule has 1 aliphatic heterocycles. The Morgan fingerprint density at radius 2 is 2.28 bits per heavy atom. The molecule has 1 aliphatic rings. The molecule has 0 spiro atoms. The van der Waals surface area contributed by atoms with Crippen molar-refractivity contribution < 1.29 is 4.74 Å². The zero-order chi connectivity index (χ0) is 12.3. The summed E-state index contributed by atoms with van der Waals surface area (Å²) in [6.45, 7) is 6.21. The number of hydrogen-bond acceptors (Lipinski definition) is 3. The number of halogens is 2. The highest BCUT2D eigenvalue weighted by Crippen LogP contribution is 2.28. The van der Waals surface area contributed by atoms with E-state index in [1.54, 1.807) is 7.11 Å². The van der Waals surface area contributed by atoms with Crippen molar-refractivity contribution in [1.29, 1.82) is 0 Å². The average molecular weight is 291 g/mol. The van der Waals surface area contributed by atoms with Gasteiger partial charge >= 0.3 is 0 Å². The predicted octanol–water partition coefficient (Wildman–Crippen LogP) is 2.56. The highest BCUT2D eigenvalue weighted by Gasteiger charge is 2.20. The van der Waals surface area contributed by atoms with E-state index in [0.717, 1.165) is 42.5 Å². The minimum atomic E-state index is 0. The van der Waals surface area contributed by atoms with Gasteiger partial charge in [-0.3, -0.25) is 4.90 Å². The maximum Gasteiger partial charge on any atom is 0.124 e. The van der Waals surface area contributed by atoms with Crippen LogP contribution in [0.2, 0.25) is 5.02 Å². The third-order valence-electron chi connectivity index (χ3n) is 3.30. The molecule has 0 bridgehead atoms. The largest absolute Gasteiger partial charge is 0.496 e. The van der Waals surface area contributed by atoms with E-state index in [0.29, 0.717) is 6.04 Å². The van der Waals surface area contributed by atoms with Gasteiger partial charge in [-0.15, -0.1) is 12.4 Å². The first-order chi connectivity index (χ1) is 8.22. The second-order valence-electron chi connectivity index (χ2n) is 4.44. The third kappa shape index (κ3) is 3.51. The maximum atomic E-state index is 6.25. The standard InChI is InChI=1S/C13H19ClN2O.ClH/c1-10-8-15-6-7-16(10)9-11-12(14)4-3-5-13(11)17-2;/h3-5,10,15H,6-9H2,1-2H3;1H. The Hall–Kier alpha value is -0.480. The number of rotatable bonds is 3. The van der Waals surface area contributed by atoms with Gasteiger partial charge in [-0.05, 0) is 19.1 Å². The summed E-state index contributed by atoms with van der Waals surface area (Å²) >= 11 is 6.25. The van der Waals surface area contributed by atoms with Crippen LogP contribution in [-0.2, 0) is 6.54 Å². The van der Waals surface area contributed by atoms with Gasteiger partial charge in [0.15, 0.2) is 0 Å². The molecule has 1 unspecified atom stereocenters. The molecule has 1 N–H and O–H groups in total. The second kappa shape index (κ2) is 7.19. The van der Waals surface area contributed by atoms with Crippen LogP contribution in [0, 0.1) is 0 Å². The number of nitrogens with zero attached hydrogens (tertiary/aromatic N) is 1. The molecule has 102 valence electrons. The first-order valence-electron chi connectivity index (χ1n) is 5.98. The van der Waals surface area contributed by atoms with Crippen LogP contribution in [0.5, 0.6) is 5.75 Å². The molecule has 2 rings (SSSR count). The molecule has 0 radical (unpaired) electrons. The minimum Gasteiger partial charge on any atom is -0.496 e. The van der Waals surface area contributed by atoms with E-state index in [1.165, 1.54) is 0 Å². The number of ether oxygens (including phenoxy) is 1. The molecule has 0 aromatic heterocycles. The van der Waals surface area contributed by atoms with E-state index in [-0.39, 0.29) is 12.4 Å². The maximum absolute atomic E-state index is 6.25. The highest BCUT2D eigenvalue weighted by molar-refractivity contribution is 6.31. The van der Waals surface area contributed by atoms with Crippen LogP contribution in [0.3, 0.4) is 0 Å². The summed E-state index contributed by atoms with van der Waals surface area (Å²) < 4.78 is 5.38. The SMILES string of the molecule is COc1cccc(Cl)c1CN1CCNCC1C.Cl. The molecule has 1 aromatic carbocycles. The van der Waals surface area contributed by atoms with Crippen LogP contribution in [0.1, 0.15) is 12.5 Å². The van der Waals surface area contributed by atoms with Gasteiger partial charge in [0.1, 0.15) is 5.75 Å². The molecule has 1 saturated heterocycles. The summed E-state index contributed by atoms with van der Waals surface area (Å²) in [5.74, 6) is 0.878. The van der Waals surface area contributed by atoms with Crippen molar-refractivity contribution in [2.45, 2.75) is 19.5 Å². The Balaban J connectivity index is 0.00000162.